The average Bonchev–Trinajstić information content (AvgIpc) is 2.60. The second-order valence-electron chi connectivity index (χ2n) is 6.19. The van der Waals surface area contributed by atoms with Gasteiger partial charge in [0, 0.05) is 6.42 Å². The molecule has 0 radical (unpaired) electrons. The van der Waals surface area contributed by atoms with Gasteiger partial charge in [-0.05, 0) is 31.1 Å². The maximum absolute atomic E-state index is 11.1. The van der Waals surface area contributed by atoms with E-state index in [0.717, 1.165) is 38.2 Å². The van der Waals surface area contributed by atoms with Crippen LogP contribution in [0.1, 0.15) is 78.1 Å². The van der Waals surface area contributed by atoms with E-state index in [4.69, 9.17) is 0 Å². The van der Waals surface area contributed by atoms with E-state index in [2.05, 4.69) is 6.92 Å². The monoisotopic (exact) mass is 383 g/mol. The zero-order valence-corrected chi connectivity index (χ0v) is 16.1. The molecule has 27 heavy (non-hydrogen) atoms. The first-order chi connectivity index (χ1) is 12.8. The third-order valence-corrected chi connectivity index (χ3v) is 4.02. The van der Waals surface area contributed by atoms with Crippen molar-refractivity contribution < 1.29 is 14.8 Å². The van der Waals surface area contributed by atoms with Crippen LogP contribution in [0.2, 0.25) is 0 Å². The molecule has 0 spiro atoms. The number of hydrogen-bond donors (Lipinski definition) is 0. The van der Waals surface area contributed by atoms with Gasteiger partial charge in [-0.25, -0.2) is 0 Å². The van der Waals surface area contributed by atoms with Crippen molar-refractivity contribution >= 4 is 0 Å². The fourth-order valence-corrected chi connectivity index (χ4v) is 2.50. The summed E-state index contributed by atoms with van der Waals surface area (Å²) in [4.78, 5) is 31.4. The van der Waals surface area contributed by atoms with Gasteiger partial charge >= 0.3 is 0 Å². The first kappa shape index (κ1) is 24.4. The van der Waals surface area contributed by atoms with Gasteiger partial charge in [0.15, 0.2) is 0 Å². The van der Waals surface area contributed by atoms with Crippen LogP contribution < -0.4 is 0 Å². The molecule has 0 fully saturated rings. The Hall–Kier alpha value is -2.58. The van der Waals surface area contributed by atoms with E-state index in [-0.39, 0.29) is 36.4 Å². The van der Waals surface area contributed by atoms with Gasteiger partial charge in [-0.15, -0.1) is 0 Å². The highest BCUT2D eigenvalue weighted by molar-refractivity contribution is 5.07. The molecule has 0 bridgehead atoms. The van der Waals surface area contributed by atoms with Gasteiger partial charge < -0.3 is 0 Å². The molecule has 0 aromatic rings. The molecule has 0 atom stereocenters. The second kappa shape index (κ2) is 14.6. The standard InChI is InChI=1S/C18H29N3O6/c1-3-5-6-7-8-9-11-17(20(24)25)13-15-18(21(26)27)14-12-16(10-4-2)19(22)23/h10,13-14H,3-9,11-12,15H2,1-2H3/b16-10+,17-13+,18-14+. The maximum Gasteiger partial charge on any atom is 0.246 e. The van der Waals surface area contributed by atoms with E-state index in [9.17, 15) is 30.3 Å². The van der Waals surface area contributed by atoms with Crippen molar-refractivity contribution in [2.45, 2.75) is 78.1 Å². The lowest BCUT2D eigenvalue weighted by atomic mass is 10.1. The van der Waals surface area contributed by atoms with Gasteiger partial charge in [0.1, 0.15) is 0 Å². The van der Waals surface area contributed by atoms with Crippen molar-refractivity contribution in [3.05, 3.63) is 65.7 Å². The van der Waals surface area contributed by atoms with E-state index in [0.29, 0.717) is 12.8 Å². The highest BCUT2D eigenvalue weighted by Crippen LogP contribution is 2.16. The van der Waals surface area contributed by atoms with Crippen LogP contribution in [0.3, 0.4) is 0 Å². The molecule has 0 aromatic heterocycles. The molecule has 9 heteroatoms. The van der Waals surface area contributed by atoms with Gasteiger partial charge in [-0.3, -0.25) is 30.3 Å². The van der Waals surface area contributed by atoms with Gasteiger partial charge in [-0.1, -0.05) is 46.0 Å². The highest BCUT2D eigenvalue weighted by Gasteiger charge is 2.16. The maximum atomic E-state index is 11.1. The van der Waals surface area contributed by atoms with Crippen LogP contribution in [-0.2, 0) is 0 Å². The van der Waals surface area contributed by atoms with Crippen LogP contribution in [0, 0.1) is 30.3 Å². The van der Waals surface area contributed by atoms with Gasteiger partial charge in [-0.2, -0.15) is 0 Å². The minimum Gasteiger partial charge on any atom is -0.259 e. The van der Waals surface area contributed by atoms with E-state index in [1.807, 2.05) is 0 Å². The van der Waals surface area contributed by atoms with Crippen molar-refractivity contribution in [3.63, 3.8) is 0 Å². The molecule has 9 nitrogen and oxygen atoms in total. The molecule has 0 amide bonds. The van der Waals surface area contributed by atoms with Crippen molar-refractivity contribution in [1.82, 2.24) is 0 Å². The summed E-state index contributed by atoms with van der Waals surface area (Å²) in [6.45, 7) is 3.84. The highest BCUT2D eigenvalue weighted by atomic mass is 16.6. The third-order valence-electron chi connectivity index (χ3n) is 4.02. The molecule has 0 rings (SSSR count). The minimum absolute atomic E-state index is 0.0446. The summed E-state index contributed by atoms with van der Waals surface area (Å²) < 4.78 is 0. The summed E-state index contributed by atoms with van der Waals surface area (Å²) in [5.74, 6) is 0. The number of allylic oxidation sites excluding steroid dienone is 4. The van der Waals surface area contributed by atoms with Gasteiger partial charge in [0.25, 0.3) is 0 Å². The Labute approximate surface area is 159 Å². The van der Waals surface area contributed by atoms with Crippen molar-refractivity contribution in [3.8, 4) is 0 Å². The predicted octanol–water partition coefficient (Wildman–Crippen LogP) is 5.41. The number of nitro groups is 3. The summed E-state index contributed by atoms with van der Waals surface area (Å²) in [6.07, 6.45) is 10.0. The Balaban J connectivity index is 4.89. The quantitative estimate of drug-likeness (QED) is 0.211. The predicted molar refractivity (Wildman–Crippen MR) is 103 cm³/mol. The molecule has 0 aromatic carbocycles. The lowest BCUT2D eigenvalue weighted by Gasteiger charge is -2.01. The van der Waals surface area contributed by atoms with E-state index >= 15 is 0 Å². The molecular formula is C18H29N3O6. The first-order valence-corrected chi connectivity index (χ1v) is 9.33. The Morgan fingerprint density at radius 1 is 0.667 bits per heavy atom. The molecular weight excluding hydrogens is 354 g/mol. The Kier molecular flexibility index (Phi) is 13.2. The van der Waals surface area contributed by atoms with Crippen LogP contribution >= 0.6 is 0 Å². The van der Waals surface area contributed by atoms with Crippen molar-refractivity contribution in [1.29, 1.82) is 0 Å². The smallest absolute Gasteiger partial charge is 0.246 e. The fourth-order valence-electron chi connectivity index (χ4n) is 2.50. The van der Waals surface area contributed by atoms with Crippen LogP contribution in [0.25, 0.3) is 0 Å². The lowest BCUT2D eigenvalue weighted by molar-refractivity contribution is -0.434. The summed E-state index contributed by atoms with van der Waals surface area (Å²) in [5.41, 5.74) is -0.444. The van der Waals surface area contributed by atoms with Crippen molar-refractivity contribution in [2.24, 2.45) is 0 Å². The molecule has 0 heterocycles. The summed E-state index contributed by atoms with van der Waals surface area (Å²) in [7, 11) is 0. The molecule has 0 aliphatic heterocycles. The zero-order chi connectivity index (χ0) is 20.7. The lowest BCUT2D eigenvalue weighted by Crippen LogP contribution is -2.03. The Morgan fingerprint density at radius 3 is 1.59 bits per heavy atom. The summed E-state index contributed by atoms with van der Waals surface area (Å²) in [6, 6.07) is 0. The summed E-state index contributed by atoms with van der Waals surface area (Å²) >= 11 is 0. The first-order valence-electron chi connectivity index (χ1n) is 9.33. The second-order valence-corrected chi connectivity index (χ2v) is 6.19. The largest absolute Gasteiger partial charge is 0.259 e. The third kappa shape index (κ3) is 11.6. The minimum atomic E-state index is -0.650. The Bertz CT molecular complexity index is 596. The molecule has 0 saturated carbocycles. The van der Waals surface area contributed by atoms with E-state index < -0.39 is 14.8 Å². The number of nitrogens with zero attached hydrogens (tertiary/aromatic N) is 3. The summed E-state index contributed by atoms with van der Waals surface area (Å²) in [5, 5.41) is 33.1. The van der Waals surface area contributed by atoms with Crippen LogP contribution in [-0.4, -0.2) is 14.8 Å². The zero-order valence-electron chi connectivity index (χ0n) is 16.1. The number of hydrogen-bond acceptors (Lipinski definition) is 6. The van der Waals surface area contributed by atoms with Crippen LogP contribution in [0.4, 0.5) is 0 Å². The number of unbranched alkanes of at least 4 members (excludes halogenated alkanes) is 5. The SMILES string of the molecule is CC/C=C(\C/C=C(\C/C=C(\CCCCCCCC)[N+](=O)[O-])[N+](=O)[O-])[N+](=O)[O-]. The van der Waals surface area contributed by atoms with Gasteiger partial charge in [0.05, 0.1) is 27.6 Å². The van der Waals surface area contributed by atoms with E-state index in [1.165, 1.54) is 12.2 Å². The average molecular weight is 383 g/mol. The van der Waals surface area contributed by atoms with Crippen molar-refractivity contribution in [2.75, 3.05) is 0 Å². The van der Waals surface area contributed by atoms with Crippen LogP contribution in [0.5, 0.6) is 0 Å². The van der Waals surface area contributed by atoms with Gasteiger partial charge in [0.2, 0.25) is 17.1 Å². The fraction of sp³-hybridized carbons (Fsp3) is 0.667. The molecule has 0 N–H and O–H groups in total. The normalized spacial score (nSPS) is 12.9. The molecule has 152 valence electrons. The molecule has 0 unspecified atom stereocenters. The van der Waals surface area contributed by atoms with Crippen LogP contribution in [0.15, 0.2) is 35.3 Å². The molecule has 0 aliphatic carbocycles. The van der Waals surface area contributed by atoms with E-state index in [1.54, 1.807) is 6.92 Å². The topological polar surface area (TPSA) is 129 Å². The molecule has 0 aliphatic rings. The number of rotatable bonds is 15. The Morgan fingerprint density at radius 2 is 1.11 bits per heavy atom. The molecule has 0 saturated heterocycles.